The molecular formula is C23H20BrFN2OS. The van der Waals surface area contributed by atoms with Crippen LogP contribution < -0.4 is 10.1 Å². The summed E-state index contributed by atoms with van der Waals surface area (Å²) in [6.45, 7) is 1.51. The highest BCUT2D eigenvalue weighted by Gasteiger charge is 2.13. The van der Waals surface area contributed by atoms with Crippen molar-refractivity contribution in [3.05, 3.63) is 80.7 Å². The molecule has 1 N–H and O–H groups in total. The van der Waals surface area contributed by atoms with Gasteiger partial charge in [-0.05, 0) is 59.8 Å². The van der Waals surface area contributed by atoms with Crippen LogP contribution in [0.1, 0.15) is 11.1 Å². The standard InChI is InChI=1S/C23H20BrFN2OS/c1-28-22-12-21-17(11-20(22)25)10-18(23(27-21)16-7-9-29-14-16)13-26-8-6-15-2-4-19(24)5-3-15/h2-5,7,9-12,14,26H,6,8,13H2,1H3. The third-order valence-electron chi connectivity index (χ3n) is 4.78. The van der Waals surface area contributed by atoms with Crippen LogP contribution in [0.25, 0.3) is 22.2 Å². The lowest BCUT2D eigenvalue weighted by molar-refractivity contribution is 0.387. The van der Waals surface area contributed by atoms with Crippen molar-refractivity contribution in [2.75, 3.05) is 13.7 Å². The Labute approximate surface area is 181 Å². The zero-order chi connectivity index (χ0) is 20.2. The summed E-state index contributed by atoms with van der Waals surface area (Å²) < 4.78 is 20.4. The van der Waals surface area contributed by atoms with Crippen LogP contribution >= 0.6 is 27.3 Å². The molecule has 2 heterocycles. The first kappa shape index (κ1) is 20.0. The molecule has 0 atom stereocenters. The van der Waals surface area contributed by atoms with E-state index in [2.05, 4.69) is 57.0 Å². The topological polar surface area (TPSA) is 34.1 Å². The summed E-state index contributed by atoms with van der Waals surface area (Å²) in [4.78, 5) is 4.83. The first-order valence-corrected chi connectivity index (χ1v) is 11.0. The maximum absolute atomic E-state index is 14.2. The van der Waals surface area contributed by atoms with E-state index in [4.69, 9.17) is 9.72 Å². The van der Waals surface area contributed by atoms with E-state index in [9.17, 15) is 4.39 Å². The fraction of sp³-hybridized carbons (Fsp3) is 0.174. The van der Waals surface area contributed by atoms with E-state index in [1.807, 2.05) is 11.4 Å². The fourth-order valence-electron chi connectivity index (χ4n) is 3.27. The Balaban J connectivity index is 1.57. The number of methoxy groups -OCH3 is 1. The number of benzene rings is 2. The van der Waals surface area contributed by atoms with Gasteiger partial charge in [0.2, 0.25) is 0 Å². The second-order valence-electron chi connectivity index (χ2n) is 6.74. The molecule has 6 heteroatoms. The van der Waals surface area contributed by atoms with Crippen LogP contribution in [0.15, 0.2) is 63.8 Å². The Morgan fingerprint density at radius 3 is 2.69 bits per heavy atom. The molecule has 4 rings (SSSR count). The molecule has 0 radical (unpaired) electrons. The quantitative estimate of drug-likeness (QED) is 0.326. The van der Waals surface area contributed by atoms with Gasteiger partial charge in [0.1, 0.15) is 0 Å². The smallest absolute Gasteiger partial charge is 0.165 e. The molecular weight excluding hydrogens is 451 g/mol. The minimum atomic E-state index is -0.376. The summed E-state index contributed by atoms with van der Waals surface area (Å²) in [6, 6.07) is 15.6. The third-order valence-corrected chi connectivity index (χ3v) is 5.99. The number of rotatable bonds is 7. The monoisotopic (exact) mass is 470 g/mol. The summed E-state index contributed by atoms with van der Waals surface area (Å²) in [5.41, 5.74) is 5.05. The predicted octanol–water partition coefficient (Wildman–Crippen LogP) is 6.21. The Morgan fingerprint density at radius 2 is 1.97 bits per heavy atom. The molecule has 0 bridgehead atoms. The highest BCUT2D eigenvalue weighted by atomic mass is 79.9. The van der Waals surface area contributed by atoms with Crippen molar-refractivity contribution in [3.8, 4) is 17.0 Å². The van der Waals surface area contributed by atoms with Gasteiger partial charge < -0.3 is 10.1 Å². The first-order valence-electron chi connectivity index (χ1n) is 9.29. The van der Waals surface area contributed by atoms with Crippen molar-refractivity contribution >= 4 is 38.2 Å². The normalized spacial score (nSPS) is 11.1. The summed E-state index contributed by atoms with van der Waals surface area (Å²) >= 11 is 5.10. The number of hydrogen-bond acceptors (Lipinski definition) is 4. The third kappa shape index (κ3) is 4.66. The number of thiophene rings is 1. The Kier molecular flexibility index (Phi) is 6.23. The van der Waals surface area contributed by atoms with Crippen molar-refractivity contribution < 1.29 is 9.13 Å². The number of pyridine rings is 1. The number of fused-ring (bicyclic) bond motifs is 1. The summed E-state index contributed by atoms with van der Waals surface area (Å²) in [6.07, 6.45) is 0.938. The minimum absolute atomic E-state index is 0.210. The largest absolute Gasteiger partial charge is 0.494 e. The van der Waals surface area contributed by atoms with Gasteiger partial charge in [-0.3, -0.25) is 0 Å². The molecule has 0 saturated carbocycles. The molecule has 0 saturated heterocycles. The Bertz CT molecular complexity index is 1110. The molecule has 3 nitrogen and oxygen atoms in total. The number of aromatic nitrogens is 1. The van der Waals surface area contributed by atoms with Gasteiger partial charge >= 0.3 is 0 Å². The van der Waals surface area contributed by atoms with E-state index in [0.717, 1.165) is 45.2 Å². The maximum atomic E-state index is 14.2. The average molecular weight is 471 g/mol. The van der Waals surface area contributed by atoms with E-state index >= 15 is 0 Å². The lowest BCUT2D eigenvalue weighted by Gasteiger charge is -2.12. The van der Waals surface area contributed by atoms with Crippen molar-refractivity contribution in [2.24, 2.45) is 0 Å². The van der Waals surface area contributed by atoms with Gasteiger partial charge in [-0.25, -0.2) is 9.37 Å². The lowest BCUT2D eigenvalue weighted by atomic mass is 10.0. The molecule has 0 aliphatic rings. The molecule has 0 aliphatic carbocycles. The van der Waals surface area contributed by atoms with Crippen molar-refractivity contribution in [3.63, 3.8) is 0 Å². The lowest BCUT2D eigenvalue weighted by Crippen LogP contribution is -2.17. The molecule has 2 aromatic heterocycles. The van der Waals surface area contributed by atoms with Gasteiger partial charge in [0, 0.05) is 33.4 Å². The van der Waals surface area contributed by atoms with Crippen LogP contribution in [-0.2, 0) is 13.0 Å². The van der Waals surface area contributed by atoms with Crippen LogP contribution in [0.4, 0.5) is 4.39 Å². The summed E-state index contributed by atoms with van der Waals surface area (Å²) in [5, 5.41) is 8.40. The number of nitrogens with zero attached hydrogens (tertiary/aromatic N) is 1. The minimum Gasteiger partial charge on any atom is -0.494 e. The van der Waals surface area contributed by atoms with E-state index < -0.39 is 0 Å². The average Bonchev–Trinajstić information content (AvgIpc) is 3.26. The SMILES string of the molecule is COc1cc2nc(-c3ccsc3)c(CNCCc3ccc(Br)cc3)cc2cc1F. The zero-order valence-electron chi connectivity index (χ0n) is 15.9. The van der Waals surface area contributed by atoms with E-state index in [-0.39, 0.29) is 11.6 Å². The number of nitrogens with one attached hydrogen (secondary N) is 1. The van der Waals surface area contributed by atoms with Gasteiger partial charge in [-0.2, -0.15) is 11.3 Å². The molecule has 2 aromatic carbocycles. The van der Waals surface area contributed by atoms with Gasteiger partial charge in [0.05, 0.1) is 18.3 Å². The molecule has 148 valence electrons. The van der Waals surface area contributed by atoms with E-state index in [1.54, 1.807) is 17.4 Å². The van der Waals surface area contributed by atoms with Crippen LogP contribution in [0, 0.1) is 5.82 Å². The second kappa shape index (κ2) is 9.03. The zero-order valence-corrected chi connectivity index (χ0v) is 18.3. The maximum Gasteiger partial charge on any atom is 0.165 e. The number of hydrogen-bond donors (Lipinski definition) is 1. The molecule has 0 aliphatic heterocycles. The van der Waals surface area contributed by atoms with Crippen LogP contribution in [0.2, 0.25) is 0 Å². The van der Waals surface area contributed by atoms with E-state index in [1.165, 1.54) is 18.7 Å². The molecule has 0 amide bonds. The fourth-order valence-corrected chi connectivity index (χ4v) is 4.17. The van der Waals surface area contributed by atoms with E-state index in [0.29, 0.717) is 6.54 Å². The highest BCUT2D eigenvalue weighted by molar-refractivity contribution is 9.10. The van der Waals surface area contributed by atoms with Gasteiger partial charge in [0.25, 0.3) is 0 Å². The van der Waals surface area contributed by atoms with Crippen molar-refractivity contribution in [1.29, 1.82) is 0 Å². The molecule has 0 fully saturated rings. The predicted molar refractivity (Wildman–Crippen MR) is 121 cm³/mol. The summed E-state index contributed by atoms with van der Waals surface area (Å²) in [5.74, 6) is -0.166. The van der Waals surface area contributed by atoms with Crippen molar-refractivity contribution in [2.45, 2.75) is 13.0 Å². The summed E-state index contributed by atoms with van der Waals surface area (Å²) in [7, 11) is 1.47. The second-order valence-corrected chi connectivity index (χ2v) is 8.44. The van der Waals surface area contributed by atoms with Crippen LogP contribution in [0.3, 0.4) is 0 Å². The Hall–Kier alpha value is -2.28. The number of halogens is 2. The van der Waals surface area contributed by atoms with Crippen LogP contribution in [0.5, 0.6) is 5.75 Å². The Morgan fingerprint density at radius 1 is 1.14 bits per heavy atom. The molecule has 0 unspecified atom stereocenters. The molecule has 0 spiro atoms. The first-order chi connectivity index (χ1) is 14.1. The highest BCUT2D eigenvalue weighted by Crippen LogP contribution is 2.30. The van der Waals surface area contributed by atoms with Gasteiger partial charge in [-0.15, -0.1) is 0 Å². The molecule has 4 aromatic rings. The molecule has 29 heavy (non-hydrogen) atoms. The van der Waals surface area contributed by atoms with Gasteiger partial charge in [0.15, 0.2) is 11.6 Å². The number of ether oxygens (including phenoxy) is 1. The van der Waals surface area contributed by atoms with Gasteiger partial charge in [-0.1, -0.05) is 28.1 Å². The van der Waals surface area contributed by atoms with Crippen molar-refractivity contribution in [1.82, 2.24) is 10.3 Å². The van der Waals surface area contributed by atoms with Crippen LogP contribution in [-0.4, -0.2) is 18.6 Å².